The molecule has 1 aliphatic carbocycles. The minimum Gasteiger partial charge on any atom is -0.444 e. The van der Waals surface area contributed by atoms with Gasteiger partial charge in [-0.05, 0) is 75.4 Å². The number of likely N-dealkylation sites (N-methyl/N-ethyl adjacent to an activating group) is 1. The fourth-order valence-electron chi connectivity index (χ4n) is 5.38. The number of benzene rings is 2. The van der Waals surface area contributed by atoms with Crippen molar-refractivity contribution in [2.75, 3.05) is 33.2 Å². The second-order valence-corrected chi connectivity index (χ2v) is 11.6. The maximum absolute atomic E-state index is 14.4. The van der Waals surface area contributed by atoms with Crippen LogP contribution in [0.1, 0.15) is 56.8 Å². The van der Waals surface area contributed by atoms with E-state index in [1.165, 1.54) is 5.56 Å². The first-order chi connectivity index (χ1) is 16.9. The molecular weight excluding hydrogens is 497 g/mol. The second kappa shape index (κ2) is 10.2. The fourth-order valence-corrected chi connectivity index (χ4v) is 5.93. The molecule has 1 unspecified atom stereocenters. The maximum atomic E-state index is 14.4. The van der Waals surface area contributed by atoms with E-state index in [-0.39, 0.29) is 18.0 Å². The molecule has 4 rings (SSSR count). The summed E-state index contributed by atoms with van der Waals surface area (Å²) in [5, 5.41) is 1.09. The molecule has 1 heterocycles. The molecule has 36 heavy (non-hydrogen) atoms. The Labute approximate surface area is 224 Å². The minimum absolute atomic E-state index is 0.0433. The van der Waals surface area contributed by atoms with Gasteiger partial charge in [-0.2, -0.15) is 0 Å². The zero-order chi connectivity index (χ0) is 26.3. The molecular formula is C28H35Cl2N3O3. The summed E-state index contributed by atoms with van der Waals surface area (Å²) in [5.41, 5.74) is 1.82. The van der Waals surface area contributed by atoms with Crippen molar-refractivity contribution in [1.82, 2.24) is 14.7 Å². The Morgan fingerprint density at radius 2 is 1.64 bits per heavy atom. The van der Waals surface area contributed by atoms with Crippen LogP contribution >= 0.6 is 23.2 Å². The van der Waals surface area contributed by atoms with Gasteiger partial charge in [-0.1, -0.05) is 47.5 Å². The number of hydrogen-bond acceptors (Lipinski definition) is 4. The molecule has 2 atom stereocenters. The predicted molar refractivity (Wildman–Crippen MR) is 143 cm³/mol. The summed E-state index contributed by atoms with van der Waals surface area (Å²) in [4.78, 5) is 32.9. The van der Waals surface area contributed by atoms with E-state index in [2.05, 4.69) is 17.0 Å². The summed E-state index contributed by atoms with van der Waals surface area (Å²) in [6, 6.07) is 13.4. The number of carbonyl (C=O) groups is 2. The molecule has 194 valence electrons. The Morgan fingerprint density at radius 3 is 2.25 bits per heavy atom. The SMILES string of the molecule is CC(c1cc(Cl)cc(Cl)c1)N(C)C(=O)[C@]1(N2CCN(C(=O)OC(C)(C)C)CC2)CCc2ccccc21. The lowest BCUT2D eigenvalue weighted by Crippen LogP contribution is -2.61. The summed E-state index contributed by atoms with van der Waals surface area (Å²) in [6.45, 7) is 9.80. The van der Waals surface area contributed by atoms with Gasteiger partial charge in [0.25, 0.3) is 0 Å². The van der Waals surface area contributed by atoms with Gasteiger partial charge in [0.1, 0.15) is 11.1 Å². The van der Waals surface area contributed by atoms with Gasteiger partial charge in [0.05, 0.1) is 6.04 Å². The number of nitrogens with zero attached hydrogens (tertiary/aromatic N) is 3. The van der Waals surface area contributed by atoms with Crippen molar-refractivity contribution in [3.8, 4) is 0 Å². The van der Waals surface area contributed by atoms with Gasteiger partial charge in [-0.25, -0.2) is 4.79 Å². The van der Waals surface area contributed by atoms with E-state index >= 15 is 0 Å². The van der Waals surface area contributed by atoms with Crippen LogP contribution in [-0.2, 0) is 21.5 Å². The summed E-state index contributed by atoms with van der Waals surface area (Å²) in [5.74, 6) is 0.0433. The third-order valence-electron chi connectivity index (χ3n) is 7.31. The standard InChI is InChI=1S/C28H35Cl2N3O3/c1-19(21-16-22(29)18-23(30)17-21)31(5)25(34)28(11-10-20-8-6-7-9-24(20)28)33-14-12-32(13-15-33)26(35)36-27(2,3)4/h6-9,16-19H,10-15H2,1-5H3/t19?,28-/m0/s1. The van der Waals surface area contributed by atoms with E-state index in [9.17, 15) is 9.59 Å². The van der Waals surface area contributed by atoms with Crippen molar-refractivity contribution in [2.45, 2.75) is 57.7 Å². The number of rotatable bonds is 4. The highest BCUT2D eigenvalue weighted by Gasteiger charge is 2.52. The summed E-state index contributed by atoms with van der Waals surface area (Å²) in [6.07, 6.45) is 1.22. The molecule has 2 amide bonds. The molecule has 2 aromatic rings. The average molecular weight is 533 g/mol. The van der Waals surface area contributed by atoms with E-state index < -0.39 is 11.1 Å². The fraction of sp³-hybridized carbons (Fsp3) is 0.500. The molecule has 2 aliphatic rings. The van der Waals surface area contributed by atoms with Gasteiger partial charge in [-0.15, -0.1) is 0 Å². The van der Waals surface area contributed by atoms with Crippen LogP contribution in [0.2, 0.25) is 10.0 Å². The van der Waals surface area contributed by atoms with Crippen LogP contribution in [0.25, 0.3) is 0 Å². The molecule has 0 bridgehead atoms. The largest absolute Gasteiger partial charge is 0.444 e. The molecule has 8 heteroatoms. The molecule has 1 saturated heterocycles. The van der Waals surface area contributed by atoms with Gasteiger partial charge in [0.15, 0.2) is 0 Å². The highest BCUT2D eigenvalue weighted by atomic mass is 35.5. The lowest BCUT2D eigenvalue weighted by molar-refractivity contribution is -0.148. The highest BCUT2D eigenvalue weighted by Crippen LogP contribution is 2.44. The van der Waals surface area contributed by atoms with Crippen LogP contribution in [0.15, 0.2) is 42.5 Å². The van der Waals surface area contributed by atoms with Crippen molar-refractivity contribution in [3.63, 3.8) is 0 Å². The zero-order valence-electron chi connectivity index (χ0n) is 21.7. The quantitative estimate of drug-likeness (QED) is 0.492. The average Bonchev–Trinajstić information content (AvgIpc) is 3.21. The van der Waals surface area contributed by atoms with E-state index in [1.807, 2.05) is 63.9 Å². The number of carbonyl (C=O) groups excluding carboxylic acids is 2. The Balaban J connectivity index is 1.62. The van der Waals surface area contributed by atoms with E-state index in [0.717, 1.165) is 17.5 Å². The van der Waals surface area contributed by atoms with Crippen molar-refractivity contribution >= 4 is 35.2 Å². The van der Waals surface area contributed by atoms with Gasteiger partial charge < -0.3 is 14.5 Å². The molecule has 2 aromatic carbocycles. The zero-order valence-corrected chi connectivity index (χ0v) is 23.2. The first-order valence-electron chi connectivity index (χ1n) is 12.5. The molecule has 1 fully saturated rings. The van der Waals surface area contributed by atoms with E-state index in [4.69, 9.17) is 27.9 Å². The minimum atomic E-state index is -0.790. The number of halogens is 2. The second-order valence-electron chi connectivity index (χ2n) is 10.8. The molecule has 0 radical (unpaired) electrons. The third kappa shape index (κ3) is 5.22. The van der Waals surface area contributed by atoms with Crippen molar-refractivity contribution in [2.24, 2.45) is 0 Å². The first-order valence-corrected chi connectivity index (χ1v) is 13.2. The van der Waals surface area contributed by atoms with Crippen LogP contribution in [0.3, 0.4) is 0 Å². The first kappa shape index (κ1) is 26.8. The number of amides is 2. The monoisotopic (exact) mass is 531 g/mol. The van der Waals surface area contributed by atoms with Gasteiger partial charge >= 0.3 is 6.09 Å². The normalized spacial score (nSPS) is 21.1. The Kier molecular flexibility index (Phi) is 7.61. The topological polar surface area (TPSA) is 53.1 Å². The van der Waals surface area contributed by atoms with Crippen LogP contribution in [0, 0.1) is 0 Å². The van der Waals surface area contributed by atoms with Crippen LogP contribution in [0.4, 0.5) is 4.79 Å². The Bertz CT molecular complexity index is 1120. The summed E-state index contributed by atoms with van der Waals surface area (Å²) in [7, 11) is 1.85. The smallest absolute Gasteiger partial charge is 0.410 e. The van der Waals surface area contributed by atoms with E-state index in [0.29, 0.717) is 42.6 Å². The lowest BCUT2D eigenvalue weighted by Gasteiger charge is -2.47. The number of ether oxygens (including phenoxy) is 1. The number of piperazine rings is 1. The van der Waals surface area contributed by atoms with Crippen LogP contribution < -0.4 is 0 Å². The number of hydrogen-bond donors (Lipinski definition) is 0. The maximum Gasteiger partial charge on any atom is 0.410 e. The predicted octanol–water partition coefficient (Wildman–Crippen LogP) is 5.91. The number of fused-ring (bicyclic) bond motifs is 1. The highest BCUT2D eigenvalue weighted by molar-refractivity contribution is 6.34. The molecule has 0 saturated carbocycles. The molecule has 0 aromatic heterocycles. The van der Waals surface area contributed by atoms with Crippen LogP contribution in [0.5, 0.6) is 0 Å². The van der Waals surface area contributed by atoms with Crippen molar-refractivity contribution in [3.05, 3.63) is 69.2 Å². The van der Waals surface area contributed by atoms with E-state index in [1.54, 1.807) is 11.0 Å². The van der Waals surface area contributed by atoms with Gasteiger partial charge in [-0.3, -0.25) is 9.69 Å². The van der Waals surface area contributed by atoms with Gasteiger partial charge in [0, 0.05) is 43.3 Å². The van der Waals surface area contributed by atoms with Crippen LogP contribution in [-0.4, -0.2) is 65.5 Å². The molecule has 6 nitrogen and oxygen atoms in total. The Morgan fingerprint density at radius 1 is 1.03 bits per heavy atom. The molecule has 1 aliphatic heterocycles. The summed E-state index contributed by atoms with van der Waals surface area (Å²) >= 11 is 12.5. The van der Waals surface area contributed by atoms with Gasteiger partial charge in [0.2, 0.25) is 5.91 Å². The summed E-state index contributed by atoms with van der Waals surface area (Å²) < 4.78 is 5.58. The third-order valence-corrected chi connectivity index (χ3v) is 7.75. The van der Waals surface area contributed by atoms with Crippen molar-refractivity contribution < 1.29 is 14.3 Å². The lowest BCUT2D eigenvalue weighted by atomic mass is 9.86. The Hall–Kier alpha value is -2.28. The molecule has 0 N–H and O–H groups in total. The molecule has 0 spiro atoms. The van der Waals surface area contributed by atoms with Crippen molar-refractivity contribution in [1.29, 1.82) is 0 Å². The number of aryl methyl sites for hydroxylation is 1.